The molecule has 3 nitrogen and oxygen atoms in total. The van der Waals surface area contributed by atoms with Gasteiger partial charge in [-0.2, -0.15) is 0 Å². The molecule has 0 radical (unpaired) electrons. The van der Waals surface area contributed by atoms with Crippen LogP contribution in [-0.2, 0) is 6.42 Å². The van der Waals surface area contributed by atoms with E-state index in [0.29, 0.717) is 12.5 Å². The Bertz CT molecular complexity index is 386. The van der Waals surface area contributed by atoms with E-state index in [4.69, 9.17) is 10.5 Å². The third-order valence-corrected chi connectivity index (χ3v) is 3.58. The van der Waals surface area contributed by atoms with Crippen molar-refractivity contribution in [3.63, 3.8) is 0 Å². The molecule has 0 fully saturated rings. The number of nitrogens with two attached hydrogens (primary N) is 1. The molecule has 1 aromatic carbocycles. The minimum atomic E-state index is 0.144. The molecule has 0 saturated heterocycles. The Morgan fingerprint density at radius 3 is 2.50 bits per heavy atom. The van der Waals surface area contributed by atoms with Gasteiger partial charge in [0.1, 0.15) is 5.75 Å². The van der Waals surface area contributed by atoms with Gasteiger partial charge >= 0.3 is 0 Å². The molecule has 18 heavy (non-hydrogen) atoms. The fourth-order valence-corrected chi connectivity index (χ4v) is 2.49. The first-order valence-corrected chi connectivity index (χ1v) is 6.48. The molecule has 0 heterocycles. The number of aliphatic hydroxyl groups excluding tert-OH is 1. The van der Waals surface area contributed by atoms with Crippen molar-refractivity contribution in [3.8, 4) is 5.75 Å². The molecule has 2 atom stereocenters. The summed E-state index contributed by atoms with van der Waals surface area (Å²) in [6.45, 7) is 6.94. The van der Waals surface area contributed by atoms with Gasteiger partial charge in [-0.05, 0) is 49.8 Å². The Labute approximate surface area is 110 Å². The van der Waals surface area contributed by atoms with E-state index >= 15 is 0 Å². The minimum Gasteiger partial charge on any atom is -0.496 e. The van der Waals surface area contributed by atoms with E-state index in [-0.39, 0.29) is 12.5 Å². The molecule has 0 aromatic heterocycles. The summed E-state index contributed by atoms with van der Waals surface area (Å²) in [7, 11) is 1.71. The van der Waals surface area contributed by atoms with Crippen molar-refractivity contribution in [2.75, 3.05) is 20.3 Å². The van der Waals surface area contributed by atoms with Crippen molar-refractivity contribution in [1.29, 1.82) is 0 Å². The van der Waals surface area contributed by atoms with Gasteiger partial charge in [0, 0.05) is 6.61 Å². The SMILES string of the molecule is COc1c(C)cc(C)cc1CC(C)C(CN)CO. The predicted octanol–water partition coefficient (Wildman–Crippen LogP) is 2.06. The molecular formula is C15H25NO2. The summed E-state index contributed by atoms with van der Waals surface area (Å²) in [6.07, 6.45) is 0.883. The molecule has 3 N–H and O–H groups in total. The van der Waals surface area contributed by atoms with Gasteiger partial charge in [0.2, 0.25) is 0 Å². The second-order valence-electron chi connectivity index (χ2n) is 5.13. The van der Waals surface area contributed by atoms with Crippen LogP contribution in [0, 0.1) is 25.7 Å². The van der Waals surface area contributed by atoms with Crippen LogP contribution >= 0.6 is 0 Å². The summed E-state index contributed by atoms with van der Waals surface area (Å²) in [5, 5.41) is 9.30. The molecule has 2 unspecified atom stereocenters. The molecular weight excluding hydrogens is 226 g/mol. The molecule has 1 aromatic rings. The van der Waals surface area contributed by atoms with Crippen LogP contribution in [0.3, 0.4) is 0 Å². The van der Waals surface area contributed by atoms with Gasteiger partial charge < -0.3 is 15.6 Å². The first-order valence-electron chi connectivity index (χ1n) is 6.48. The number of aliphatic hydroxyl groups is 1. The maximum absolute atomic E-state index is 9.30. The van der Waals surface area contributed by atoms with Crippen molar-refractivity contribution in [3.05, 3.63) is 28.8 Å². The highest BCUT2D eigenvalue weighted by molar-refractivity contribution is 5.44. The van der Waals surface area contributed by atoms with Gasteiger partial charge in [0.25, 0.3) is 0 Å². The van der Waals surface area contributed by atoms with Crippen LogP contribution in [0.4, 0.5) is 0 Å². The van der Waals surface area contributed by atoms with Gasteiger partial charge in [-0.15, -0.1) is 0 Å². The molecule has 0 aliphatic heterocycles. The number of methoxy groups -OCH3 is 1. The molecule has 3 heteroatoms. The van der Waals surface area contributed by atoms with Crippen molar-refractivity contribution < 1.29 is 9.84 Å². The summed E-state index contributed by atoms with van der Waals surface area (Å²) >= 11 is 0. The molecule has 0 aliphatic rings. The Morgan fingerprint density at radius 1 is 1.33 bits per heavy atom. The van der Waals surface area contributed by atoms with Gasteiger partial charge in [-0.25, -0.2) is 0 Å². The second kappa shape index (κ2) is 6.76. The van der Waals surface area contributed by atoms with Gasteiger partial charge in [-0.3, -0.25) is 0 Å². The molecule has 0 aliphatic carbocycles. The number of aryl methyl sites for hydroxylation is 2. The fraction of sp³-hybridized carbons (Fsp3) is 0.600. The number of hydrogen-bond donors (Lipinski definition) is 2. The highest BCUT2D eigenvalue weighted by Crippen LogP contribution is 2.28. The van der Waals surface area contributed by atoms with E-state index in [0.717, 1.165) is 17.7 Å². The number of hydrogen-bond acceptors (Lipinski definition) is 3. The standard InChI is InChI=1S/C15H25NO2/c1-10-5-12(3)15(18-4)13(6-10)7-11(2)14(8-16)9-17/h5-6,11,14,17H,7-9,16H2,1-4H3. The molecule has 0 amide bonds. The lowest BCUT2D eigenvalue weighted by molar-refractivity contribution is 0.186. The zero-order valence-electron chi connectivity index (χ0n) is 11.9. The highest BCUT2D eigenvalue weighted by atomic mass is 16.5. The fourth-order valence-electron chi connectivity index (χ4n) is 2.49. The lowest BCUT2D eigenvalue weighted by Crippen LogP contribution is -2.26. The number of benzene rings is 1. The summed E-state index contributed by atoms with van der Waals surface area (Å²) in [5.74, 6) is 1.45. The number of rotatable bonds is 6. The zero-order valence-corrected chi connectivity index (χ0v) is 11.9. The summed E-state index contributed by atoms with van der Waals surface area (Å²) < 4.78 is 5.49. The molecule has 0 bridgehead atoms. The second-order valence-corrected chi connectivity index (χ2v) is 5.13. The predicted molar refractivity (Wildman–Crippen MR) is 75.0 cm³/mol. The molecule has 102 valence electrons. The smallest absolute Gasteiger partial charge is 0.124 e. The first-order chi connectivity index (χ1) is 8.53. The lowest BCUT2D eigenvalue weighted by atomic mass is 9.87. The van der Waals surface area contributed by atoms with E-state index in [9.17, 15) is 5.11 Å². The van der Waals surface area contributed by atoms with Crippen LogP contribution in [0.5, 0.6) is 5.75 Å². The van der Waals surface area contributed by atoms with Gasteiger partial charge in [0.15, 0.2) is 0 Å². The van der Waals surface area contributed by atoms with Crippen LogP contribution in [-0.4, -0.2) is 25.4 Å². The average Bonchev–Trinajstić information content (AvgIpc) is 2.30. The van der Waals surface area contributed by atoms with Crippen LogP contribution in [0.1, 0.15) is 23.6 Å². The summed E-state index contributed by atoms with van der Waals surface area (Å²) in [4.78, 5) is 0. The van der Waals surface area contributed by atoms with Crippen molar-refractivity contribution in [2.24, 2.45) is 17.6 Å². The van der Waals surface area contributed by atoms with E-state index < -0.39 is 0 Å². The Morgan fingerprint density at radius 2 is 2.00 bits per heavy atom. The van der Waals surface area contributed by atoms with Gasteiger partial charge in [-0.1, -0.05) is 24.6 Å². The van der Waals surface area contributed by atoms with Crippen molar-refractivity contribution in [2.45, 2.75) is 27.2 Å². The van der Waals surface area contributed by atoms with E-state index in [1.54, 1.807) is 7.11 Å². The Balaban J connectivity index is 2.96. The monoisotopic (exact) mass is 251 g/mol. The summed E-state index contributed by atoms with van der Waals surface area (Å²) in [6, 6.07) is 4.28. The quantitative estimate of drug-likeness (QED) is 0.813. The number of ether oxygens (including phenoxy) is 1. The largest absolute Gasteiger partial charge is 0.496 e. The molecule has 0 spiro atoms. The van der Waals surface area contributed by atoms with Crippen LogP contribution < -0.4 is 10.5 Å². The third-order valence-electron chi connectivity index (χ3n) is 3.58. The topological polar surface area (TPSA) is 55.5 Å². The summed E-state index contributed by atoms with van der Waals surface area (Å²) in [5.41, 5.74) is 9.28. The maximum Gasteiger partial charge on any atom is 0.124 e. The van der Waals surface area contributed by atoms with E-state index in [1.165, 1.54) is 11.1 Å². The van der Waals surface area contributed by atoms with Crippen molar-refractivity contribution in [1.82, 2.24) is 0 Å². The van der Waals surface area contributed by atoms with Crippen LogP contribution in [0.25, 0.3) is 0 Å². The van der Waals surface area contributed by atoms with Crippen LogP contribution in [0.15, 0.2) is 12.1 Å². The highest BCUT2D eigenvalue weighted by Gasteiger charge is 2.18. The van der Waals surface area contributed by atoms with E-state index in [1.807, 2.05) is 0 Å². The lowest BCUT2D eigenvalue weighted by Gasteiger charge is -2.22. The Hall–Kier alpha value is -1.06. The van der Waals surface area contributed by atoms with E-state index in [2.05, 4.69) is 32.9 Å². The molecule has 0 saturated carbocycles. The normalized spacial score (nSPS) is 14.3. The Kier molecular flexibility index (Phi) is 5.63. The van der Waals surface area contributed by atoms with Crippen molar-refractivity contribution >= 4 is 0 Å². The van der Waals surface area contributed by atoms with Crippen LogP contribution in [0.2, 0.25) is 0 Å². The molecule has 1 rings (SSSR count). The average molecular weight is 251 g/mol. The maximum atomic E-state index is 9.30. The third kappa shape index (κ3) is 3.47. The minimum absolute atomic E-state index is 0.144. The van der Waals surface area contributed by atoms with Gasteiger partial charge in [0.05, 0.1) is 7.11 Å². The zero-order chi connectivity index (χ0) is 13.7. The first kappa shape index (κ1) is 15.0.